The summed E-state index contributed by atoms with van der Waals surface area (Å²) >= 11 is 0. The average Bonchev–Trinajstić information content (AvgIpc) is 3.08. The summed E-state index contributed by atoms with van der Waals surface area (Å²) in [5.41, 5.74) is 2.99. The van der Waals surface area contributed by atoms with E-state index in [0.29, 0.717) is 28.7 Å². The molecule has 0 saturated carbocycles. The van der Waals surface area contributed by atoms with E-state index in [-0.39, 0.29) is 19.3 Å². The Morgan fingerprint density at radius 2 is 1.73 bits per heavy atom. The van der Waals surface area contributed by atoms with Gasteiger partial charge in [0, 0.05) is 12.6 Å². The minimum absolute atomic E-state index is 0. The molecule has 0 aliphatic rings. The molecule has 7 heteroatoms. The smallest absolute Gasteiger partial charge is 0.224 e. The summed E-state index contributed by atoms with van der Waals surface area (Å²) < 4.78 is 16.0. The van der Waals surface area contributed by atoms with Crippen molar-refractivity contribution in [1.29, 1.82) is 0 Å². The fourth-order valence-corrected chi connectivity index (χ4v) is 3.20. The normalized spacial score (nSPS) is 10.8. The molecule has 0 unspecified atom stereocenters. The molecule has 0 spiro atoms. The minimum Gasteiger partial charge on any atom is -0.354 e. The Hall–Kier alpha value is -3.48. The maximum atomic E-state index is 14.1. The Balaban J connectivity index is 0.00000256. The highest BCUT2D eigenvalue weighted by Crippen LogP contribution is 2.26. The first kappa shape index (κ1) is 21.2. The summed E-state index contributed by atoms with van der Waals surface area (Å²) in [4.78, 5) is 13.6. The SMILES string of the molecule is C.CC(C)n1c(Nc2ccccc2F)nc2cnc(NCCc3ccccc3)nc21. The van der Waals surface area contributed by atoms with Gasteiger partial charge in [0.1, 0.15) is 11.3 Å². The largest absolute Gasteiger partial charge is 0.354 e. The zero-order valence-electron chi connectivity index (χ0n) is 16.4. The van der Waals surface area contributed by atoms with Crippen LogP contribution in [0.25, 0.3) is 11.2 Å². The van der Waals surface area contributed by atoms with E-state index in [0.717, 1.165) is 13.0 Å². The maximum absolute atomic E-state index is 14.1. The number of nitrogens with zero attached hydrogens (tertiary/aromatic N) is 4. The van der Waals surface area contributed by atoms with E-state index < -0.39 is 0 Å². The van der Waals surface area contributed by atoms with Crippen LogP contribution in [-0.2, 0) is 6.42 Å². The molecule has 0 radical (unpaired) electrons. The molecule has 0 atom stereocenters. The molecular formula is C23H27FN6. The Morgan fingerprint density at radius 3 is 2.47 bits per heavy atom. The molecule has 0 saturated heterocycles. The van der Waals surface area contributed by atoms with Gasteiger partial charge < -0.3 is 10.6 Å². The Morgan fingerprint density at radius 1 is 1.00 bits per heavy atom. The second-order valence-electron chi connectivity index (χ2n) is 7.07. The van der Waals surface area contributed by atoms with Crippen LogP contribution in [0.5, 0.6) is 0 Å². The van der Waals surface area contributed by atoms with Gasteiger partial charge in [0.2, 0.25) is 11.9 Å². The number of imidazole rings is 1. The van der Waals surface area contributed by atoms with Gasteiger partial charge in [0.15, 0.2) is 5.65 Å². The Kier molecular flexibility index (Phi) is 6.61. The summed E-state index contributed by atoms with van der Waals surface area (Å²) in [5.74, 6) is 0.757. The summed E-state index contributed by atoms with van der Waals surface area (Å²) in [5, 5.41) is 6.36. The number of nitrogens with one attached hydrogen (secondary N) is 2. The summed E-state index contributed by atoms with van der Waals surface area (Å²) in [6.45, 7) is 4.81. The van der Waals surface area contributed by atoms with Gasteiger partial charge in [-0.2, -0.15) is 4.98 Å². The lowest BCUT2D eigenvalue weighted by atomic mass is 10.1. The monoisotopic (exact) mass is 406 g/mol. The van der Waals surface area contributed by atoms with E-state index in [1.54, 1.807) is 24.4 Å². The standard InChI is InChI=1S/C22H23FN6.CH4/c1-15(2)29-20-19(27-22(29)26-18-11-7-6-10-17(18)23)14-25-21(28-20)24-13-12-16-8-4-3-5-9-16;/h3-11,14-15H,12-13H2,1-2H3,(H,26,27)(H,24,25,28);1H4. The minimum atomic E-state index is -0.329. The van der Waals surface area contributed by atoms with E-state index in [1.807, 2.05) is 36.6 Å². The number of para-hydroxylation sites is 1. The van der Waals surface area contributed by atoms with Gasteiger partial charge in [-0.3, -0.25) is 4.57 Å². The average molecular weight is 407 g/mol. The molecule has 6 nitrogen and oxygen atoms in total. The van der Waals surface area contributed by atoms with Gasteiger partial charge in [0.05, 0.1) is 11.9 Å². The fraction of sp³-hybridized carbons (Fsp3) is 0.261. The van der Waals surface area contributed by atoms with Gasteiger partial charge in [-0.1, -0.05) is 49.9 Å². The van der Waals surface area contributed by atoms with Gasteiger partial charge in [-0.15, -0.1) is 0 Å². The number of aromatic nitrogens is 4. The maximum Gasteiger partial charge on any atom is 0.224 e. The highest BCUT2D eigenvalue weighted by molar-refractivity contribution is 5.76. The number of fused-ring (bicyclic) bond motifs is 1. The van der Waals surface area contributed by atoms with E-state index in [9.17, 15) is 4.39 Å². The van der Waals surface area contributed by atoms with Crippen LogP contribution in [0.4, 0.5) is 22.0 Å². The zero-order chi connectivity index (χ0) is 20.2. The molecule has 4 rings (SSSR count). The van der Waals surface area contributed by atoms with E-state index in [1.165, 1.54) is 11.6 Å². The van der Waals surface area contributed by atoms with Crippen molar-refractivity contribution < 1.29 is 4.39 Å². The number of benzene rings is 2. The third kappa shape index (κ3) is 4.56. The number of rotatable bonds is 7. The molecule has 156 valence electrons. The van der Waals surface area contributed by atoms with Crippen LogP contribution in [-0.4, -0.2) is 26.1 Å². The van der Waals surface area contributed by atoms with Crippen molar-refractivity contribution in [3.63, 3.8) is 0 Å². The van der Waals surface area contributed by atoms with Gasteiger partial charge in [-0.05, 0) is 38.0 Å². The van der Waals surface area contributed by atoms with Gasteiger partial charge in [-0.25, -0.2) is 14.4 Å². The lowest BCUT2D eigenvalue weighted by Gasteiger charge is -2.14. The van der Waals surface area contributed by atoms with Crippen molar-refractivity contribution in [1.82, 2.24) is 19.5 Å². The van der Waals surface area contributed by atoms with Crippen LogP contribution in [0.15, 0.2) is 60.8 Å². The summed E-state index contributed by atoms with van der Waals surface area (Å²) in [6, 6.07) is 16.9. The van der Waals surface area contributed by atoms with Gasteiger partial charge in [0.25, 0.3) is 0 Å². The number of anilines is 3. The fourth-order valence-electron chi connectivity index (χ4n) is 3.20. The van der Waals surface area contributed by atoms with Crippen LogP contribution in [0, 0.1) is 5.82 Å². The quantitative estimate of drug-likeness (QED) is 0.419. The lowest BCUT2D eigenvalue weighted by molar-refractivity contribution is 0.615. The first-order valence-corrected chi connectivity index (χ1v) is 9.66. The zero-order valence-corrected chi connectivity index (χ0v) is 16.4. The van der Waals surface area contributed by atoms with Crippen LogP contribution < -0.4 is 10.6 Å². The third-order valence-corrected chi connectivity index (χ3v) is 4.61. The second kappa shape index (κ2) is 9.35. The number of hydrogen-bond donors (Lipinski definition) is 2. The Labute approximate surface area is 176 Å². The molecule has 2 N–H and O–H groups in total. The van der Waals surface area contributed by atoms with Crippen molar-refractivity contribution >= 4 is 28.7 Å². The molecule has 0 aliphatic carbocycles. The van der Waals surface area contributed by atoms with Gasteiger partial charge >= 0.3 is 0 Å². The highest BCUT2D eigenvalue weighted by Gasteiger charge is 2.17. The third-order valence-electron chi connectivity index (χ3n) is 4.61. The van der Waals surface area contributed by atoms with Crippen LogP contribution >= 0.6 is 0 Å². The molecule has 2 aromatic heterocycles. The van der Waals surface area contributed by atoms with E-state index >= 15 is 0 Å². The molecule has 0 fully saturated rings. The van der Waals surface area contributed by atoms with Crippen molar-refractivity contribution in [2.24, 2.45) is 0 Å². The van der Waals surface area contributed by atoms with Crippen LogP contribution in [0.3, 0.4) is 0 Å². The topological polar surface area (TPSA) is 67.7 Å². The first-order chi connectivity index (χ1) is 14.1. The number of halogens is 1. The van der Waals surface area contributed by atoms with E-state index in [4.69, 9.17) is 0 Å². The predicted octanol–water partition coefficient (Wildman–Crippen LogP) is 5.58. The molecule has 0 aliphatic heterocycles. The van der Waals surface area contributed by atoms with Crippen molar-refractivity contribution in [2.45, 2.75) is 33.7 Å². The second-order valence-corrected chi connectivity index (χ2v) is 7.07. The van der Waals surface area contributed by atoms with Crippen molar-refractivity contribution in [2.75, 3.05) is 17.2 Å². The molecule has 0 bridgehead atoms. The Bertz CT molecular complexity index is 1110. The molecule has 0 amide bonds. The van der Waals surface area contributed by atoms with Crippen LogP contribution in [0.2, 0.25) is 0 Å². The molecule has 2 aromatic carbocycles. The molecular weight excluding hydrogens is 379 g/mol. The lowest BCUT2D eigenvalue weighted by Crippen LogP contribution is -2.10. The van der Waals surface area contributed by atoms with Crippen molar-refractivity contribution in [3.8, 4) is 0 Å². The predicted molar refractivity (Wildman–Crippen MR) is 121 cm³/mol. The van der Waals surface area contributed by atoms with Crippen LogP contribution in [0.1, 0.15) is 32.9 Å². The van der Waals surface area contributed by atoms with Crippen molar-refractivity contribution in [3.05, 3.63) is 72.2 Å². The summed E-state index contributed by atoms with van der Waals surface area (Å²) in [7, 11) is 0. The number of hydrogen-bond acceptors (Lipinski definition) is 5. The molecule has 30 heavy (non-hydrogen) atoms. The summed E-state index contributed by atoms with van der Waals surface area (Å²) in [6.07, 6.45) is 2.57. The first-order valence-electron chi connectivity index (χ1n) is 9.66. The molecule has 2 heterocycles. The van der Waals surface area contributed by atoms with E-state index in [2.05, 4.69) is 37.7 Å². The highest BCUT2D eigenvalue weighted by atomic mass is 19.1. The molecule has 4 aromatic rings.